The highest BCUT2D eigenvalue weighted by Gasteiger charge is 2.16. The number of methoxy groups -OCH3 is 1. The van der Waals surface area contributed by atoms with Gasteiger partial charge in [0, 0.05) is 40.4 Å². The van der Waals surface area contributed by atoms with E-state index in [9.17, 15) is 4.79 Å². The molecule has 0 heterocycles. The van der Waals surface area contributed by atoms with Gasteiger partial charge in [-0.1, -0.05) is 0 Å². The SMILES string of the molecule is CN=C(NCCN(C)CCCOC)NCC(=O)OC(C)(C)C.I. The van der Waals surface area contributed by atoms with Crippen molar-refractivity contribution in [3.05, 3.63) is 0 Å². The zero-order valence-electron chi connectivity index (χ0n) is 15.3. The molecular weight excluding hydrogens is 411 g/mol. The fraction of sp³-hybridized carbons (Fsp3) is 0.867. The van der Waals surface area contributed by atoms with Gasteiger partial charge < -0.3 is 25.0 Å². The van der Waals surface area contributed by atoms with Crippen molar-refractivity contribution in [1.82, 2.24) is 15.5 Å². The fourth-order valence-corrected chi connectivity index (χ4v) is 1.71. The summed E-state index contributed by atoms with van der Waals surface area (Å²) in [5.74, 6) is 0.295. The first kappa shape index (κ1) is 24.6. The number of carbonyl (C=O) groups excluding carboxylic acids is 1. The molecule has 23 heavy (non-hydrogen) atoms. The number of nitrogens with one attached hydrogen (secondary N) is 2. The normalized spacial score (nSPS) is 11.9. The maximum absolute atomic E-state index is 11.6. The Balaban J connectivity index is 0. The van der Waals surface area contributed by atoms with Crippen LogP contribution in [0.3, 0.4) is 0 Å². The van der Waals surface area contributed by atoms with Crippen LogP contribution < -0.4 is 10.6 Å². The van der Waals surface area contributed by atoms with Crippen molar-refractivity contribution >= 4 is 35.9 Å². The number of carbonyl (C=O) groups is 1. The summed E-state index contributed by atoms with van der Waals surface area (Å²) in [4.78, 5) is 17.9. The quantitative estimate of drug-likeness (QED) is 0.182. The maximum Gasteiger partial charge on any atom is 0.325 e. The second kappa shape index (κ2) is 13.8. The van der Waals surface area contributed by atoms with Gasteiger partial charge in [-0.05, 0) is 34.2 Å². The largest absolute Gasteiger partial charge is 0.459 e. The second-order valence-corrected chi connectivity index (χ2v) is 6.09. The number of likely N-dealkylation sites (N-methyl/N-ethyl adjacent to an activating group) is 1. The third-order valence-electron chi connectivity index (χ3n) is 2.72. The lowest BCUT2D eigenvalue weighted by Gasteiger charge is -2.20. The summed E-state index contributed by atoms with van der Waals surface area (Å²) in [5.41, 5.74) is -0.472. The summed E-state index contributed by atoms with van der Waals surface area (Å²) in [7, 11) is 5.45. The van der Waals surface area contributed by atoms with Crippen molar-refractivity contribution < 1.29 is 14.3 Å². The highest BCUT2D eigenvalue weighted by atomic mass is 127. The van der Waals surface area contributed by atoms with Gasteiger partial charge in [0.15, 0.2) is 5.96 Å². The summed E-state index contributed by atoms with van der Waals surface area (Å²) in [6.07, 6.45) is 1.01. The van der Waals surface area contributed by atoms with E-state index in [-0.39, 0.29) is 36.5 Å². The molecule has 0 bridgehead atoms. The highest BCUT2D eigenvalue weighted by Crippen LogP contribution is 2.05. The molecule has 0 spiro atoms. The second-order valence-electron chi connectivity index (χ2n) is 6.09. The first-order valence-electron chi connectivity index (χ1n) is 7.62. The average Bonchev–Trinajstić information content (AvgIpc) is 2.41. The summed E-state index contributed by atoms with van der Waals surface area (Å²) in [6, 6.07) is 0. The molecular formula is C15H33IN4O3. The fourth-order valence-electron chi connectivity index (χ4n) is 1.71. The number of hydrogen-bond donors (Lipinski definition) is 2. The molecule has 0 aromatic carbocycles. The molecule has 0 atom stereocenters. The Bertz CT molecular complexity index is 346. The summed E-state index contributed by atoms with van der Waals surface area (Å²) in [5, 5.41) is 6.11. The van der Waals surface area contributed by atoms with Gasteiger partial charge >= 0.3 is 5.97 Å². The number of rotatable bonds is 9. The summed E-state index contributed by atoms with van der Waals surface area (Å²) in [6.45, 7) is 9.03. The Morgan fingerprint density at radius 1 is 1.22 bits per heavy atom. The van der Waals surface area contributed by atoms with Crippen LogP contribution >= 0.6 is 24.0 Å². The van der Waals surface area contributed by atoms with Crippen LogP contribution in [-0.4, -0.2) is 76.4 Å². The Labute approximate surface area is 157 Å². The van der Waals surface area contributed by atoms with Crippen LogP contribution in [0, 0.1) is 0 Å². The zero-order chi connectivity index (χ0) is 17.0. The molecule has 138 valence electrons. The van der Waals surface area contributed by atoms with Crippen molar-refractivity contribution in [2.24, 2.45) is 4.99 Å². The van der Waals surface area contributed by atoms with Gasteiger partial charge in [0.05, 0.1) is 0 Å². The molecule has 0 fully saturated rings. The maximum atomic E-state index is 11.6. The predicted octanol–water partition coefficient (Wildman–Crippen LogP) is 1.08. The van der Waals surface area contributed by atoms with Crippen LogP contribution in [0.1, 0.15) is 27.2 Å². The van der Waals surface area contributed by atoms with Crippen LogP contribution in [0.15, 0.2) is 4.99 Å². The van der Waals surface area contributed by atoms with Crippen LogP contribution in [0.4, 0.5) is 0 Å². The van der Waals surface area contributed by atoms with Crippen LogP contribution in [0.2, 0.25) is 0 Å². The molecule has 0 aliphatic heterocycles. The molecule has 0 rings (SSSR count). The number of esters is 1. The molecule has 0 radical (unpaired) electrons. The van der Waals surface area contributed by atoms with Gasteiger partial charge in [-0.25, -0.2) is 0 Å². The average molecular weight is 444 g/mol. The van der Waals surface area contributed by atoms with Gasteiger partial charge in [-0.3, -0.25) is 9.79 Å². The summed E-state index contributed by atoms with van der Waals surface area (Å²) < 4.78 is 10.3. The Morgan fingerprint density at radius 2 is 1.87 bits per heavy atom. The van der Waals surface area contributed by atoms with E-state index in [1.54, 1.807) is 14.2 Å². The minimum atomic E-state index is -0.472. The minimum Gasteiger partial charge on any atom is -0.459 e. The first-order chi connectivity index (χ1) is 10.3. The van der Waals surface area contributed by atoms with E-state index in [2.05, 4.69) is 27.6 Å². The number of hydrogen-bond acceptors (Lipinski definition) is 5. The zero-order valence-corrected chi connectivity index (χ0v) is 17.6. The van der Waals surface area contributed by atoms with E-state index < -0.39 is 5.60 Å². The highest BCUT2D eigenvalue weighted by molar-refractivity contribution is 14.0. The van der Waals surface area contributed by atoms with E-state index in [1.165, 1.54) is 0 Å². The number of nitrogens with zero attached hydrogens (tertiary/aromatic N) is 2. The van der Waals surface area contributed by atoms with Gasteiger partial charge in [0.1, 0.15) is 12.1 Å². The van der Waals surface area contributed by atoms with Gasteiger partial charge in [0.2, 0.25) is 0 Å². The van der Waals surface area contributed by atoms with Crippen molar-refractivity contribution in [2.45, 2.75) is 32.8 Å². The number of guanidine groups is 1. The Hall–Kier alpha value is -0.610. The van der Waals surface area contributed by atoms with Gasteiger partial charge in [0.25, 0.3) is 0 Å². The van der Waals surface area contributed by atoms with Crippen molar-refractivity contribution in [3.63, 3.8) is 0 Å². The van der Waals surface area contributed by atoms with E-state index in [0.717, 1.165) is 32.7 Å². The van der Waals surface area contributed by atoms with E-state index in [1.807, 2.05) is 20.8 Å². The van der Waals surface area contributed by atoms with E-state index in [0.29, 0.717) is 5.96 Å². The lowest BCUT2D eigenvalue weighted by Crippen LogP contribution is -2.44. The lowest BCUT2D eigenvalue weighted by atomic mass is 10.2. The topological polar surface area (TPSA) is 75.2 Å². The monoisotopic (exact) mass is 444 g/mol. The molecule has 0 aromatic rings. The van der Waals surface area contributed by atoms with Crippen LogP contribution in [0.25, 0.3) is 0 Å². The van der Waals surface area contributed by atoms with E-state index in [4.69, 9.17) is 9.47 Å². The molecule has 0 saturated heterocycles. The molecule has 0 aromatic heterocycles. The number of ether oxygens (including phenoxy) is 2. The number of halogens is 1. The summed E-state index contributed by atoms with van der Waals surface area (Å²) >= 11 is 0. The third-order valence-corrected chi connectivity index (χ3v) is 2.72. The number of aliphatic imine (C=N–C) groups is 1. The molecule has 7 nitrogen and oxygen atoms in total. The third kappa shape index (κ3) is 16.0. The van der Waals surface area contributed by atoms with Crippen molar-refractivity contribution in [1.29, 1.82) is 0 Å². The lowest BCUT2D eigenvalue weighted by molar-refractivity contribution is -0.153. The standard InChI is InChI=1S/C15H32N4O3.HI/c1-15(2,3)22-13(20)12-18-14(16-4)17-8-10-19(5)9-7-11-21-6;/h7-12H2,1-6H3,(H2,16,17,18);1H. The van der Waals surface area contributed by atoms with Crippen LogP contribution in [-0.2, 0) is 14.3 Å². The van der Waals surface area contributed by atoms with Crippen LogP contribution in [0.5, 0.6) is 0 Å². The molecule has 0 aliphatic rings. The smallest absolute Gasteiger partial charge is 0.325 e. The van der Waals surface area contributed by atoms with Crippen molar-refractivity contribution in [3.8, 4) is 0 Å². The van der Waals surface area contributed by atoms with E-state index >= 15 is 0 Å². The molecule has 0 aliphatic carbocycles. The van der Waals surface area contributed by atoms with Gasteiger partial charge in [-0.15, -0.1) is 24.0 Å². The Kier molecular flexibility index (Phi) is 14.8. The molecule has 0 amide bonds. The van der Waals surface area contributed by atoms with Crippen molar-refractivity contribution in [2.75, 3.05) is 54.0 Å². The van der Waals surface area contributed by atoms with Gasteiger partial charge in [-0.2, -0.15) is 0 Å². The Morgan fingerprint density at radius 3 is 2.39 bits per heavy atom. The molecule has 8 heteroatoms. The molecule has 0 saturated carbocycles. The molecule has 0 unspecified atom stereocenters. The predicted molar refractivity (Wildman–Crippen MR) is 105 cm³/mol. The minimum absolute atomic E-state index is 0. The molecule has 2 N–H and O–H groups in total. The first-order valence-corrected chi connectivity index (χ1v) is 7.62.